The van der Waals surface area contributed by atoms with Gasteiger partial charge < -0.3 is 0 Å². The zero-order valence-corrected chi connectivity index (χ0v) is 9.57. The molecule has 0 unspecified atom stereocenters. The summed E-state index contributed by atoms with van der Waals surface area (Å²) in [6.45, 7) is 0. The second kappa shape index (κ2) is 5.54. The van der Waals surface area contributed by atoms with Crippen molar-refractivity contribution in [3.8, 4) is 0 Å². The molecule has 14 heavy (non-hydrogen) atoms. The first kappa shape index (κ1) is 11.0. The van der Waals surface area contributed by atoms with E-state index in [1.54, 1.807) is 64.2 Å². The van der Waals surface area contributed by atoms with Gasteiger partial charge in [-0.2, -0.15) is 0 Å². The highest BCUT2D eigenvalue weighted by Gasteiger charge is 2.22. The summed E-state index contributed by atoms with van der Waals surface area (Å²) in [5.41, 5.74) is 2.53. The summed E-state index contributed by atoms with van der Waals surface area (Å²) in [5.74, 6) is 0. The number of hydrogen-bond donors (Lipinski definition) is 0. The van der Waals surface area contributed by atoms with Gasteiger partial charge in [-0.25, -0.2) is 0 Å². The molecule has 0 aromatic rings. The average Bonchev–Trinajstić information content (AvgIpc) is 2.30. The second-order valence-electron chi connectivity index (χ2n) is 4.73. The third kappa shape index (κ3) is 2.75. The van der Waals surface area contributed by atoms with Crippen LogP contribution in [0.15, 0.2) is 0 Å². The van der Waals surface area contributed by atoms with Gasteiger partial charge in [-0.15, -0.1) is 0 Å². The van der Waals surface area contributed by atoms with Crippen LogP contribution >= 0.6 is 7.80 Å². The van der Waals surface area contributed by atoms with Gasteiger partial charge >= 0.3 is 0 Å². The molecule has 0 radical (unpaired) electrons. The van der Waals surface area contributed by atoms with Gasteiger partial charge in [0.25, 0.3) is 0 Å². The smallest absolute Gasteiger partial charge is 0.0209 e. The SMILES string of the molecule is [BH3-]P(C1CCCCC1)C1CCCCC1. The molecule has 0 saturated heterocycles. The molecule has 2 rings (SSSR count). The summed E-state index contributed by atoms with van der Waals surface area (Å²) in [6, 6.07) is 0. The van der Waals surface area contributed by atoms with E-state index < -0.39 is 0 Å². The third-order valence-corrected chi connectivity index (χ3v) is 5.45. The van der Waals surface area contributed by atoms with Crippen molar-refractivity contribution in [1.29, 1.82) is 0 Å². The molecule has 2 heteroatoms. The Morgan fingerprint density at radius 1 is 0.643 bits per heavy atom. The van der Waals surface area contributed by atoms with E-state index >= 15 is 0 Å². The van der Waals surface area contributed by atoms with Crippen molar-refractivity contribution in [2.24, 2.45) is 0 Å². The van der Waals surface area contributed by atoms with E-state index in [1.165, 1.54) is 11.3 Å². The first-order valence-corrected chi connectivity index (χ1v) is 7.18. The highest BCUT2D eigenvalue weighted by atomic mass is 31.1. The van der Waals surface area contributed by atoms with Crippen LogP contribution in [-0.4, -0.2) is 18.9 Å². The average molecular weight is 211 g/mol. The van der Waals surface area contributed by atoms with Crippen LogP contribution < -0.4 is 0 Å². The molecule has 0 amide bonds. The van der Waals surface area contributed by atoms with E-state index in [9.17, 15) is 0 Å². The number of hydrogen-bond acceptors (Lipinski definition) is 0. The maximum Gasteiger partial charge on any atom is -0.0209 e. The predicted molar refractivity (Wildman–Crippen MR) is 70.6 cm³/mol. The summed E-state index contributed by atoms with van der Waals surface area (Å²) in [4.78, 5) is 0. The van der Waals surface area contributed by atoms with Gasteiger partial charge in [0, 0.05) is 0 Å². The standard InChI is InChI=1S/C12H25BP/c13-14(11-7-3-1-4-8-11)12-9-5-2-6-10-12/h11-12H,1-10H2,13H3/q-1. The van der Waals surface area contributed by atoms with Crippen LogP contribution in [0.1, 0.15) is 64.2 Å². The largest absolute Gasteiger partial charge is 0.281 e. The molecule has 2 fully saturated rings. The first-order valence-electron chi connectivity index (χ1n) is 6.15. The number of rotatable bonds is 2. The van der Waals surface area contributed by atoms with Crippen LogP contribution in [0.25, 0.3) is 0 Å². The molecule has 0 aromatic heterocycles. The van der Waals surface area contributed by atoms with Crippen molar-refractivity contribution < 1.29 is 0 Å². The summed E-state index contributed by atoms with van der Waals surface area (Å²) < 4.78 is 0. The lowest BCUT2D eigenvalue weighted by atomic mass is 9.99. The highest BCUT2D eigenvalue weighted by molar-refractivity contribution is 7.83. The van der Waals surface area contributed by atoms with Gasteiger partial charge in [0.05, 0.1) is 0 Å². The zero-order chi connectivity index (χ0) is 9.80. The fourth-order valence-electron chi connectivity index (χ4n) is 2.76. The Bertz CT molecular complexity index is 142. The Morgan fingerprint density at radius 3 is 1.36 bits per heavy atom. The highest BCUT2D eigenvalue weighted by Crippen LogP contribution is 2.51. The van der Waals surface area contributed by atoms with E-state index in [0.29, 0.717) is 15.4 Å². The Hall–Kier alpha value is 0.495. The molecule has 0 spiro atoms. The Morgan fingerprint density at radius 2 is 1.00 bits per heavy atom. The van der Waals surface area contributed by atoms with Crippen molar-refractivity contribution in [2.75, 3.05) is 0 Å². The lowest BCUT2D eigenvalue weighted by Crippen LogP contribution is -2.20. The van der Waals surface area contributed by atoms with Gasteiger partial charge in [-0.3, -0.25) is 7.80 Å². The molecule has 0 aromatic carbocycles. The molecule has 0 bridgehead atoms. The summed E-state index contributed by atoms with van der Waals surface area (Å²) in [7, 11) is 1.31. The molecular formula is C12H25BP-. The van der Waals surface area contributed by atoms with Crippen molar-refractivity contribution in [2.45, 2.75) is 75.5 Å². The minimum atomic E-state index is 0.633. The van der Waals surface area contributed by atoms with E-state index in [4.69, 9.17) is 0 Å². The van der Waals surface area contributed by atoms with Crippen LogP contribution in [0, 0.1) is 0 Å². The Balaban J connectivity index is 1.82. The molecule has 2 saturated carbocycles. The van der Waals surface area contributed by atoms with Crippen molar-refractivity contribution in [1.82, 2.24) is 0 Å². The normalized spacial score (nSPS) is 27.0. The molecule has 2 aliphatic carbocycles. The van der Waals surface area contributed by atoms with E-state index in [2.05, 4.69) is 0 Å². The molecular weight excluding hydrogens is 186 g/mol. The lowest BCUT2D eigenvalue weighted by molar-refractivity contribution is 0.488. The van der Waals surface area contributed by atoms with Gasteiger partial charge in [0.15, 0.2) is 0 Å². The zero-order valence-electron chi connectivity index (χ0n) is 8.67. The molecule has 0 heterocycles. The van der Waals surface area contributed by atoms with Crippen molar-refractivity contribution in [3.63, 3.8) is 0 Å². The van der Waals surface area contributed by atoms with E-state index in [1.807, 2.05) is 0 Å². The Kier molecular flexibility index (Phi) is 4.35. The quantitative estimate of drug-likeness (QED) is 0.485. The lowest BCUT2D eigenvalue weighted by Gasteiger charge is -2.41. The molecule has 82 valence electrons. The molecule has 0 atom stereocenters. The summed E-state index contributed by atoms with van der Waals surface area (Å²) in [5, 5.41) is 0. The Labute approximate surface area is 91.4 Å². The van der Waals surface area contributed by atoms with Crippen LogP contribution in [-0.2, 0) is 0 Å². The van der Waals surface area contributed by atoms with Gasteiger partial charge in [-0.05, 0) is 33.2 Å². The van der Waals surface area contributed by atoms with Gasteiger partial charge in [0.1, 0.15) is 0 Å². The van der Waals surface area contributed by atoms with Gasteiger partial charge in [-0.1, -0.05) is 49.8 Å². The minimum absolute atomic E-state index is 0.633. The van der Waals surface area contributed by atoms with Crippen molar-refractivity contribution >= 4 is 15.4 Å². The van der Waals surface area contributed by atoms with Gasteiger partial charge in [0.2, 0.25) is 0 Å². The van der Waals surface area contributed by atoms with Crippen LogP contribution in [0.3, 0.4) is 0 Å². The molecule has 0 nitrogen and oxygen atoms in total. The second-order valence-corrected chi connectivity index (χ2v) is 6.49. The third-order valence-electron chi connectivity index (χ3n) is 3.57. The monoisotopic (exact) mass is 211 g/mol. The van der Waals surface area contributed by atoms with Crippen LogP contribution in [0.4, 0.5) is 0 Å². The maximum absolute atomic E-state index is 1.63. The fraction of sp³-hybridized carbons (Fsp3) is 1.00. The van der Waals surface area contributed by atoms with Crippen LogP contribution in [0.5, 0.6) is 0 Å². The van der Waals surface area contributed by atoms with E-state index in [-0.39, 0.29) is 0 Å². The summed E-state index contributed by atoms with van der Waals surface area (Å²) in [6.07, 6.45) is 15.9. The molecule has 2 aliphatic rings. The van der Waals surface area contributed by atoms with Crippen molar-refractivity contribution in [3.05, 3.63) is 0 Å². The topological polar surface area (TPSA) is 0 Å². The van der Waals surface area contributed by atoms with E-state index in [0.717, 1.165) is 0 Å². The molecule has 0 N–H and O–H groups in total. The fourth-order valence-corrected chi connectivity index (χ4v) is 4.68. The predicted octanol–water partition coefficient (Wildman–Crippen LogP) is 3.41. The maximum atomic E-state index is 1.63. The van der Waals surface area contributed by atoms with Crippen LogP contribution in [0.2, 0.25) is 0 Å². The summed E-state index contributed by atoms with van der Waals surface area (Å²) >= 11 is 0. The first-order chi connectivity index (χ1) is 6.88. The minimum Gasteiger partial charge on any atom is -0.281 e. The molecule has 0 aliphatic heterocycles.